The van der Waals surface area contributed by atoms with Crippen LogP contribution in [0.4, 0.5) is 4.39 Å². The van der Waals surface area contributed by atoms with E-state index < -0.39 is 6.04 Å². The van der Waals surface area contributed by atoms with Crippen LogP contribution in [0.2, 0.25) is 0 Å². The molecule has 0 bridgehead atoms. The van der Waals surface area contributed by atoms with E-state index in [2.05, 4.69) is 5.32 Å². The summed E-state index contributed by atoms with van der Waals surface area (Å²) in [7, 11) is 0. The Balaban J connectivity index is 2.38. The highest BCUT2D eigenvalue weighted by Crippen LogP contribution is 2.07. The molecule has 1 aromatic carbocycles. The normalized spacial score (nSPS) is 14.0. The Morgan fingerprint density at radius 3 is 2.72 bits per heavy atom. The molecule has 0 aromatic heterocycles. The number of carbonyl (C=O) groups is 1. The van der Waals surface area contributed by atoms with Crippen molar-refractivity contribution in [2.45, 2.75) is 32.7 Å². The van der Waals surface area contributed by atoms with Gasteiger partial charge in [-0.25, -0.2) is 4.39 Å². The first-order valence-corrected chi connectivity index (χ1v) is 6.33. The lowest BCUT2D eigenvalue weighted by Gasteiger charge is -2.17. The summed E-state index contributed by atoms with van der Waals surface area (Å²) in [6.45, 7) is 4.35. The molecule has 0 radical (unpaired) electrons. The number of amides is 1. The third-order valence-corrected chi connectivity index (χ3v) is 3.21. The number of carbonyl (C=O) groups excluding carboxylic acids is 1. The first-order chi connectivity index (χ1) is 8.56. The van der Waals surface area contributed by atoms with Crippen molar-refractivity contribution in [1.82, 2.24) is 5.32 Å². The standard InChI is InChI=1S/C14H21FN2O/c1-3-10(2)13(16)14(18)17-9-8-11-6-4-5-7-12(11)15/h4-7,10,13H,3,8-9,16H2,1-2H3,(H,17,18). The topological polar surface area (TPSA) is 55.1 Å². The van der Waals surface area contributed by atoms with Crippen LogP contribution < -0.4 is 11.1 Å². The smallest absolute Gasteiger partial charge is 0.237 e. The molecule has 0 saturated carbocycles. The molecule has 1 amide bonds. The molecule has 0 aliphatic carbocycles. The maximum Gasteiger partial charge on any atom is 0.237 e. The zero-order chi connectivity index (χ0) is 13.5. The van der Waals surface area contributed by atoms with Gasteiger partial charge in [-0.3, -0.25) is 4.79 Å². The number of nitrogens with two attached hydrogens (primary N) is 1. The summed E-state index contributed by atoms with van der Waals surface area (Å²) in [5.74, 6) is -0.253. The molecule has 2 atom stereocenters. The van der Waals surface area contributed by atoms with Crippen LogP contribution in [0.25, 0.3) is 0 Å². The summed E-state index contributed by atoms with van der Waals surface area (Å²) < 4.78 is 13.3. The summed E-state index contributed by atoms with van der Waals surface area (Å²) in [6.07, 6.45) is 1.34. The second-order valence-corrected chi connectivity index (χ2v) is 4.54. The van der Waals surface area contributed by atoms with Gasteiger partial charge in [0.2, 0.25) is 5.91 Å². The van der Waals surface area contributed by atoms with Crippen molar-refractivity contribution in [1.29, 1.82) is 0 Å². The number of benzene rings is 1. The molecule has 3 nitrogen and oxygen atoms in total. The molecule has 1 aromatic rings. The molecule has 18 heavy (non-hydrogen) atoms. The minimum Gasteiger partial charge on any atom is -0.354 e. The molecule has 1 rings (SSSR count). The van der Waals surface area contributed by atoms with Gasteiger partial charge in [-0.15, -0.1) is 0 Å². The van der Waals surface area contributed by atoms with Crippen molar-refractivity contribution < 1.29 is 9.18 Å². The molecule has 4 heteroatoms. The van der Waals surface area contributed by atoms with Crippen LogP contribution in [0.15, 0.2) is 24.3 Å². The van der Waals surface area contributed by atoms with E-state index in [0.29, 0.717) is 18.5 Å². The van der Waals surface area contributed by atoms with Crippen molar-refractivity contribution in [3.05, 3.63) is 35.6 Å². The van der Waals surface area contributed by atoms with E-state index in [1.165, 1.54) is 6.07 Å². The first kappa shape index (κ1) is 14.6. The van der Waals surface area contributed by atoms with Gasteiger partial charge in [0.25, 0.3) is 0 Å². The van der Waals surface area contributed by atoms with Gasteiger partial charge in [0.15, 0.2) is 0 Å². The zero-order valence-corrected chi connectivity index (χ0v) is 10.9. The van der Waals surface area contributed by atoms with Crippen molar-refractivity contribution in [3.63, 3.8) is 0 Å². The Morgan fingerprint density at radius 2 is 2.11 bits per heavy atom. The highest BCUT2D eigenvalue weighted by molar-refractivity contribution is 5.81. The van der Waals surface area contributed by atoms with Crippen LogP contribution >= 0.6 is 0 Å². The highest BCUT2D eigenvalue weighted by atomic mass is 19.1. The zero-order valence-electron chi connectivity index (χ0n) is 10.9. The predicted octanol–water partition coefficient (Wildman–Crippen LogP) is 1.86. The molecular formula is C14H21FN2O. The number of hydrogen-bond acceptors (Lipinski definition) is 2. The molecule has 0 spiro atoms. The second kappa shape index (κ2) is 7.11. The molecular weight excluding hydrogens is 231 g/mol. The summed E-state index contributed by atoms with van der Waals surface area (Å²) in [4.78, 5) is 11.7. The van der Waals surface area contributed by atoms with Gasteiger partial charge in [-0.05, 0) is 24.0 Å². The molecule has 0 heterocycles. The van der Waals surface area contributed by atoms with E-state index in [1.54, 1.807) is 18.2 Å². The molecule has 0 fully saturated rings. The van der Waals surface area contributed by atoms with Crippen molar-refractivity contribution >= 4 is 5.91 Å². The predicted molar refractivity (Wildman–Crippen MR) is 70.5 cm³/mol. The van der Waals surface area contributed by atoms with Gasteiger partial charge in [-0.1, -0.05) is 38.5 Å². The van der Waals surface area contributed by atoms with Crippen LogP contribution in [0, 0.1) is 11.7 Å². The fraction of sp³-hybridized carbons (Fsp3) is 0.500. The minimum absolute atomic E-state index is 0.151. The van der Waals surface area contributed by atoms with Gasteiger partial charge in [0.05, 0.1) is 6.04 Å². The lowest BCUT2D eigenvalue weighted by atomic mass is 9.99. The number of hydrogen-bond donors (Lipinski definition) is 2. The second-order valence-electron chi connectivity index (χ2n) is 4.54. The lowest BCUT2D eigenvalue weighted by Crippen LogP contribution is -2.45. The van der Waals surface area contributed by atoms with Gasteiger partial charge >= 0.3 is 0 Å². The van der Waals surface area contributed by atoms with Crippen LogP contribution in [0.5, 0.6) is 0 Å². The Morgan fingerprint density at radius 1 is 1.44 bits per heavy atom. The van der Waals surface area contributed by atoms with E-state index >= 15 is 0 Å². The summed E-state index contributed by atoms with van der Waals surface area (Å²) >= 11 is 0. The molecule has 0 saturated heterocycles. The average molecular weight is 252 g/mol. The average Bonchev–Trinajstić information content (AvgIpc) is 2.39. The quantitative estimate of drug-likeness (QED) is 0.812. The number of rotatable bonds is 6. The van der Waals surface area contributed by atoms with Gasteiger partial charge in [-0.2, -0.15) is 0 Å². The van der Waals surface area contributed by atoms with Crippen LogP contribution in [-0.4, -0.2) is 18.5 Å². The highest BCUT2D eigenvalue weighted by Gasteiger charge is 2.18. The Bertz CT molecular complexity index is 395. The van der Waals surface area contributed by atoms with Gasteiger partial charge in [0, 0.05) is 6.54 Å². The summed E-state index contributed by atoms with van der Waals surface area (Å²) in [5.41, 5.74) is 6.40. The van der Waals surface area contributed by atoms with E-state index in [1.807, 2.05) is 13.8 Å². The van der Waals surface area contributed by atoms with Gasteiger partial charge < -0.3 is 11.1 Å². The maximum absolute atomic E-state index is 13.3. The summed E-state index contributed by atoms with van der Waals surface area (Å²) in [5, 5.41) is 2.74. The first-order valence-electron chi connectivity index (χ1n) is 6.33. The van der Waals surface area contributed by atoms with Crippen molar-refractivity contribution in [2.24, 2.45) is 11.7 Å². The molecule has 3 N–H and O–H groups in total. The maximum atomic E-state index is 13.3. The van der Waals surface area contributed by atoms with Crippen LogP contribution in [-0.2, 0) is 11.2 Å². The van der Waals surface area contributed by atoms with E-state index in [0.717, 1.165) is 6.42 Å². The molecule has 100 valence electrons. The molecule has 0 aliphatic heterocycles. The molecule has 2 unspecified atom stereocenters. The number of nitrogens with one attached hydrogen (secondary N) is 1. The third-order valence-electron chi connectivity index (χ3n) is 3.21. The van der Waals surface area contributed by atoms with Crippen LogP contribution in [0.3, 0.4) is 0 Å². The lowest BCUT2D eigenvalue weighted by molar-refractivity contribution is -0.123. The van der Waals surface area contributed by atoms with E-state index in [-0.39, 0.29) is 17.6 Å². The Labute approximate surface area is 108 Å². The largest absolute Gasteiger partial charge is 0.354 e. The van der Waals surface area contributed by atoms with Crippen LogP contribution in [0.1, 0.15) is 25.8 Å². The number of halogens is 1. The Kier molecular flexibility index (Phi) is 5.78. The SMILES string of the molecule is CCC(C)C(N)C(=O)NCCc1ccccc1F. The fourth-order valence-corrected chi connectivity index (χ4v) is 1.65. The van der Waals surface area contributed by atoms with Gasteiger partial charge in [0.1, 0.15) is 5.82 Å². The van der Waals surface area contributed by atoms with E-state index in [9.17, 15) is 9.18 Å². The van der Waals surface area contributed by atoms with Crippen molar-refractivity contribution in [2.75, 3.05) is 6.54 Å². The third kappa shape index (κ3) is 4.11. The summed E-state index contributed by atoms with van der Waals surface area (Å²) in [6, 6.07) is 6.08. The fourth-order valence-electron chi connectivity index (χ4n) is 1.65. The monoisotopic (exact) mass is 252 g/mol. The minimum atomic E-state index is -0.490. The Hall–Kier alpha value is -1.42. The molecule has 0 aliphatic rings. The van der Waals surface area contributed by atoms with Crippen molar-refractivity contribution in [3.8, 4) is 0 Å². The van der Waals surface area contributed by atoms with E-state index in [4.69, 9.17) is 5.73 Å².